The van der Waals surface area contributed by atoms with Gasteiger partial charge in [0.1, 0.15) is 6.10 Å². The van der Waals surface area contributed by atoms with Gasteiger partial charge in [-0.25, -0.2) is 0 Å². The summed E-state index contributed by atoms with van der Waals surface area (Å²) in [6.07, 6.45) is -1.15. The highest BCUT2D eigenvalue weighted by atomic mass is 127. The molecule has 5 heteroatoms. The summed E-state index contributed by atoms with van der Waals surface area (Å²) in [4.78, 5) is 0. The molecule has 1 saturated heterocycles. The Kier molecular flexibility index (Phi) is 4.18. The molecule has 0 aliphatic carbocycles. The molecule has 0 aromatic rings. The third kappa shape index (κ3) is 2.53. The van der Waals surface area contributed by atoms with E-state index in [1.807, 2.05) is 0 Å². The molecule has 0 radical (unpaired) electrons. The largest absolute Gasteiger partial charge is 0.395 e. The lowest BCUT2D eigenvalue weighted by molar-refractivity contribution is -0.0797. The fraction of sp³-hybridized carbons (Fsp3) is 1.00. The van der Waals surface area contributed by atoms with Crippen molar-refractivity contribution in [1.82, 2.24) is 0 Å². The fourth-order valence-corrected chi connectivity index (χ4v) is 1.35. The van der Waals surface area contributed by atoms with Crippen LogP contribution >= 0.6 is 22.6 Å². The van der Waals surface area contributed by atoms with Crippen LogP contribution in [0.5, 0.6) is 0 Å². The molecular formula is C7H13IO4. The van der Waals surface area contributed by atoms with E-state index in [4.69, 9.17) is 19.7 Å². The van der Waals surface area contributed by atoms with Gasteiger partial charge in [-0.15, -0.1) is 0 Å². The van der Waals surface area contributed by atoms with Crippen LogP contribution in [0.3, 0.4) is 0 Å². The van der Waals surface area contributed by atoms with Gasteiger partial charge in [0.05, 0.1) is 23.2 Å². The zero-order valence-electron chi connectivity index (χ0n) is 6.81. The molecule has 1 heterocycles. The SMILES string of the molecule is C[C@H](O)C1CO[C@@H]([C@@H](I)CO)O1. The minimum atomic E-state index is -0.516. The normalized spacial score (nSPS) is 35.0. The lowest BCUT2D eigenvalue weighted by atomic mass is 10.2. The van der Waals surface area contributed by atoms with Crippen molar-refractivity contribution in [3.8, 4) is 0 Å². The summed E-state index contributed by atoms with van der Waals surface area (Å²) in [5, 5.41) is 17.9. The van der Waals surface area contributed by atoms with Gasteiger partial charge in [-0.1, -0.05) is 22.6 Å². The first-order valence-corrected chi connectivity index (χ1v) is 5.09. The number of alkyl halides is 1. The Morgan fingerprint density at radius 1 is 1.67 bits per heavy atom. The molecular weight excluding hydrogens is 275 g/mol. The minimum absolute atomic E-state index is 0.0256. The molecule has 0 spiro atoms. The highest BCUT2D eigenvalue weighted by Crippen LogP contribution is 2.21. The molecule has 4 nitrogen and oxygen atoms in total. The molecule has 0 aromatic carbocycles. The summed E-state index contributed by atoms with van der Waals surface area (Å²) >= 11 is 2.06. The van der Waals surface area contributed by atoms with Gasteiger partial charge in [0, 0.05) is 0 Å². The second-order valence-corrected chi connectivity index (χ2v) is 4.42. The smallest absolute Gasteiger partial charge is 0.172 e. The third-order valence-corrected chi connectivity index (χ3v) is 2.72. The van der Waals surface area contributed by atoms with Crippen LogP contribution in [0.4, 0.5) is 0 Å². The maximum absolute atomic E-state index is 9.15. The quantitative estimate of drug-likeness (QED) is 0.562. The minimum Gasteiger partial charge on any atom is -0.395 e. The summed E-state index contributed by atoms with van der Waals surface area (Å²) < 4.78 is 10.5. The van der Waals surface area contributed by atoms with Crippen molar-refractivity contribution < 1.29 is 19.7 Å². The van der Waals surface area contributed by atoms with E-state index in [0.29, 0.717) is 6.61 Å². The van der Waals surface area contributed by atoms with Gasteiger partial charge < -0.3 is 19.7 Å². The Balaban J connectivity index is 2.35. The van der Waals surface area contributed by atoms with E-state index >= 15 is 0 Å². The maximum atomic E-state index is 9.15. The standard InChI is InChI=1S/C7H13IO4/c1-4(10)6-3-11-7(12-6)5(8)2-9/h4-7,9-10H,2-3H2,1H3/t4-,5-,6?,7+/m0/s1. The Morgan fingerprint density at radius 2 is 2.33 bits per heavy atom. The van der Waals surface area contributed by atoms with Gasteiger partial charge in [-0.05, 0) is 6.92 Å². The van der Waals surface area contributed by atoms with Crippen molar-refractivity contribution >= 4 is 22.6 Å². The van der Waals surface area contributed by atoms with Crippen LogP contribution in [0.25, 0.3) is 0 Å². The third-order valence-electron chi connectivity index (χ3n) is 1.74. The van der Waals surface area contributed by atoms with E-state index in [9.17, 15) is 0 Å². The van der Waals surface area contributed by atoms with Gasteiger partial charge in [0.25, 0.3) is 0 Å². The van der Waals surface area contributed by atoms with Crippen molar-refractivity contribution in [2.45, 2.75) is 29.3 Å². The van der Waals surface area contributed by atoms with Crippen LogP contribution in [0.15, 0.2) is 0 Å². The monoisotopic (exact) mass is 288 g/mol. The molecule has 2 N–H and O–H groups in total. The van der Waals surface area contributed by atoms with E-state index in [1.165, 1.54) is 0 Å². The predicted octanol–water partition coefficient (Wildman–Crippen LogP) is -0.0954. The van der Waals surface area contributed by atoms with Gasteiger partial charge in [-0.2, -0.15) is 0 Å². The second-order valence-electron chi connectivity index (χ2n) is 2.82. The van der Waals surface area contributed by atoms with Crippen molar-refractivity contribution in [3.63, 3.8) is 0 Å². The van der Waals surface area contributed by atoms with E-state index in [-0.39, 0.29) is 22.9 Å². The first-order valence-electron chi connectivity index (χ1n) is 3.85. The lowest BCUT2D eigenvalue weighted by Crippen LogP contribution is -2.29. The van der Waals surface area contributed by atoms with E-state index in [0.717, 1.165) is 0 Å². The highest BCUT2D eigenvalue weighted by Gasteiger charge is 2.33. The van der Waals surface area contributed by atoms with Crippen molar-refractivity contribution in [2.75, 3.05) is 13.2 Å². The van der Waals surface area contributed by atoms with Crippen LogP contribution in [0, 0.1) is 0 Å². The first kappa shape index (κ1) is 10.6. The Hall–Kier alpha value is 0.570. The average Bonchev–Trinajstić information content (AvgIpc) is 2.51. The van der Waals surface area contributed by atoms with Crippen LogP contribution in [-0.4, -0.2) is 45.8 Å². The molecule has 1 rings (SSSR count). The summed E-state index contributed by atoms with van der Waals surface area (Å²) in [6, 6.07) is 0. The number of aliphatic hydroxyl groups excluding tert-OH is 2. The van der Waals surface area contributed by atoms with Crippen LogP contribution in [0.2, 0.25) is 0 Å². The van der Waals surface area contributed by atoms with Gasteiger partial charge in [-0.3, -0.25) is 0 Å². The molecule has 0 amide bonds. The topological polar surface area (TPSA) is 58.9 Å². The lowest BCUT2D eigenvalue weighted by Gasteiger charge is -2.15. The summed E-state index contributed by atoms with van der Waals surface area (Å²) in [5.74, 6) is 0. The molecule has 1 unspecified atom stereocenters. The predicted molar refractivity (Wildman–Crippen MR) is 51.2 cm³/mol. The van der Waals surface area contributed by atoms with E-state index in [2.05, 4.69) is 22.6 Å². The van der Waals surface area contributed by atoms with Gasteiger partial charge in [0.2, 0.25) is 0 Å². The average molecular weight is 288 g/mol. The second kappa shape index (κ2) is 4.71. The van der Waals surface area contributed by atoms with Crippen molar-refractivity contribution in [2.24, 2.45) is 0 Å². The van der Waals surface area contributed by atoms with E-state index in [1.54, 1.807) is 6.92 Å². The van der Waals surface area contributed by atoms with Gasteiger partial charge in [0.15, 0.2) is 6.29 Å². The Bertz CT molecular complexity index is 141. The van der Waals surface area contributed by atoms with Gasteiger partial charge >= 0.3 is 0 Å². The fourth-order valence-electron chi connectivity index (χ4n) is 0.969. The molecule has 0 bridgehead atoms. The first-order chi connectivity index (χ1) is 5.65. The zero-order chi connectivity index (χ0) is 9.14. The van der Waals surface area contributed by atoms with Crippen LogP contribution < -0.4 is 0 Å². The number of hydrogen-bond acceptors (Lipinski definition) is 4. The number of hydrogen-bond donors (Lipinski definition) is 2. The molecule has 1 aliphatic rings. The van der Waals surface area contributed by atoms with E-state index < -0.39 is 6.10 Å². The molecule has 72 valence electrons. The van der Waals surface area contributed by atoms with Crippen LogP contribution in [-0.2, 0) is 9.47 Å². The number of rotatable bonds is 3. The number of ether oxygens (including phenoxy) is 2. The Labute approximate surface area is 85.0 Å². The summed E-state index contributed by atoms with van der Waals surface area (Å²) in [5.41, 5.74) is 0. The van der Waals surface area contributed by atoms with Crippen LogP contribution in [0.1, 0.15) is 6.92 Å². The zero-order valence-corrected chi connectivity index (χ0v) is 8.97. The van der Waals surface area contributed by atoms with Crippen molar-refractivity contribution in [3.05, 3.63) is 0 Å². The van der Waals surface area contributed by atoms with Crippen molar-refractivity contribution in [1.29, 1.82) is 0 Å². The maximum Gasteiger partial charge on any atom is 0.172 e. The molecule has 1 aliphatic heterocycles. The number of aliphatic hydroxyl groups is 2. The molecule has 0 aromatic heterocycles. The molecule has 4 atom stereocenters. The number of halogens is 1. The summed E-state index contributed by atoms with van der Waals surface area (Å²) in [6.45, 7) is 2.09. The Morgan fingerprint density at radius 3 is 2.75 bits per heavy atom. The molecule has 0 saturated carbocycles. The molecule has 1 fully saturated rings. The summed E-state index contributed by atoms with van der Waals surface area (Å²) in [7, 11) is 0. The highest BCUT2D eigenvalue weighted by molar-refractivity contribution is 14.1. The molecule has 12 heavy (non-hydrogen) atoms.